The van der Waals surface area contributed by atoms with E-state index < -0.39 is 16.7 Å². The Labute approximate surface area is 165 Å². The minimum atomic E-state index is -0.885. The van der Waals surface area contributed by atoms with Gasteiger partial charge in [-0.25, -0.2) is 4.98 Å². The minimum Gasteiger partial charge on any atom is -0.321 e. The molecule has 1 saturated carbocycles. The van der Waals surface area contributed by atoms with Crippen molar-refractivity contribution >= 4 is 45.6 Å². The van der Waals surface area contributed by atoms with Gasteiger partial charge in [0.25, 0.3) is 5.91 Å². The first-order valence-corrected chi connectivity index (χ1v) is 10.8. The third-order valence-corrected chi connectivity index (χ3v) is 6.79. The molecule has 1 N–H and O–H groups in total. The third kappa shape index (κ3) is 5.06. The number of benzene rings is 1. The van der Waals surface area contributed by atoms with Crippen molar-refractivity contribution in [2.24, 2.45) is 0 Å². The predicted octanol–water partition coefficient (Wildman–Crippen LogP) is 5.22. The van der Waals surface area contributed by atoms with Crippen molar-refractivity contribution in [3.63, 3.8) is 0 Å². The summed E-state index contributed by atoms with van der Waals surface area (Å²) in [5, 5.41) is 3.51. The maximum atomic E-state index is 12.6. The van der Waals surface area contributed by atoms with Crippen LogP contribution in [0.1, 0.15) is 48.2 Å². The molecule has 1 heterocycles. The van der Waals surface area contributed by atoms with E-state index in [1.807, 2.05) is 18.2 Å². The van der Waals surface area contributed by atoms with E-state index in [1.54, 1.807) is 6.07 Å². The second-order valence-electron chi connectivity index (χ2n) is 6.40. The van der Waals surface area contributed by atoms with E-state index in [4.69, 9.17) is 23.2 Å². The monoisotopic (exact) mass is 410 g/mol. The molecule has 26 heavy (non-hydrogen) atoms. The molecule has 1 aromatic heterocycles. The van der Waals surface area contributed by atoms with E-state index in [9.17, 15) is 9.00 Å². The zero-order valence-corrected chi connectivity index (χ0v) is 16.5. The fourth-order valence-corrected chi connectivity index (χ4v) is 5.06. The van der Waals surface area contributed by atoms with Crippen LogP contribution in [0.5, 0.6) is 0 Å². The number of anilines is 1. The number of halogens is 2. The fourth-order valence-electron chi connectivity index (χ4n) is 3.12. The van der Waals surface area contributed by atoms with Gasteiger partial charge in [0.15, 0.2) is 0 Å². The summed E-state index contributed by atoms with van der Waals surface area (Å²) in [6.45, 7) is 0. The van der Waals surface area contributed by atoms with Gasteiger partial charge in [0.1, 0.15) is 10.8 Å². The van der Waals surface area contributed by atoms with Crippen LogP contribution >= 0.6 is 23.2 Å². The average molecular weight is 411 g/mol. The molecule has 1 aromatic carbocycles. The van der Waals surface area contributed by atoms with Crippen molar-refractivity contribution in [2.75, 3.05) is 5.32 Å². The Hall–Kier alpha value is -1.43. The summed E-state index contributed by atoms with van der Waals surface area (Å²) in [7, 11) is -0.885. The number of hydrogen-bond donors (Lipinski definition) is 1. The van der Waals surface area contributed by atoms with Gasteiger partial charge in [-0.05, 0) is 42.7 Å². The van der Waals surface area contributed by atoms with Crippen molar-refractivity contribution < 1.29 is 9.00 Å². The van der Waals surface area contributed by atoms with Crippen LogP contribution in [0, 0.1) is 0 Å². The first-order valence-electron chi connectivity index (χ1n) is 8.62. The number of nitrogens with zero attached hydrogens (tertiary/aromatic N) is 1. The highest BCUT2D eigenvalue weighted by atomic mass is 35.5. The summed E-state index contributed by atoms with van der Waals surface area (Å²) in [6, 6.07) is 10.5. The van der Waals surface area contributed by atoms with Gasteiger partial charge in [-0.2, -0.15) is 0 Å². The van der Waals surface area contributed by atoms with Crippen LogP contribution in [-0.2, 0) is 16.6 Å². The number of rotatable bonds is 5. The smallest absolute Gasteiger partial charge is 0.275 e. The first kappa shape index (κ1) is 19.3. The molecule has 1 amide bonds. The van der Waals surface area contributed by atoms with Gasteiger partial charge in [0.05, 0.1) is 5.02 Å². The van der Waals surface area contributed by atoms with E-state index >= 15 is 0 Å². The van der Waals surface area contributed by atoms with Crippen LogP contribution in [0.4, 0.5) is 5.69 Å². The lowest BCUT2D eigenvalue weighted by Crippen LogP contribution is -2.20. The molecule has 7 heteroatoms. The topological polar surface area (TPSA) is 59.1 Å². The zero-order chi connectivity index (χ0) is 18.5. The van der Waals surface area contributed by atoms with Crippen LogP contribution in [-0.4, -0.2) is 20.3 Å². The Kier molecular flexibility index (Phi) is 6.68. The lowest BCUT2D eigenvalue weighted by molar-refractivity contribution is 0.102. The number of nitrogens with one attached hydrogen (secondary N) is 1. The standard InChI is InChI=1S/C19H20Cl2N2O2S/c20-16-9-10-17(21)23-18(16)19(24)22-14-6-4-5-13(11-14)12-26(25)15-7-2-1-3-8-15/h4-6,9-11,15H,1-3,7-8,12H2,(H,22,24). The van der Waals surface area contributed by atoms with E-state index in [-0.39, 0.29) is 21.1 Å². The van der Waals surface area contributed by atoms with Crippen LogP contribution in [0.2, 0.25) is 10.2 Å². The van der Waals surface area contributed by atoms with E-state index in [1.165, 1.54) is 31.4 Å². The molecule has 2 aromatic rings. The third-order valence-electron chi connectivity index (χ3n) is 4.44. The van der Waals surface area contributed by atoms with Crippen molar-refractivity contribution in [1.29, 1.82) is 0 Å². The van der Waals surface area contributed by atoms with Crippen LogP contribution in [0.15, 0.2) is 36.4 Å². The summed E-state index contributed by atoms with van der Waals surface area (Å²) < 4.78 is 12.6. The van der Waals surface area contributed by atoms with Gasteiger partial charge in [-0.15, -0.1) is 0 Å². The van der Waals surface area contributed by atoms with Crippen molar-refractivity contribution in [3.8, 4) is 0 Å². The summed E-state index contributed by atoms with van der Waals surface area (Å²) in [5.74, 6) is 0.0768. The van der Waals surface area contributed by atoms with E-state index in [0.717, 1.165) is 18.4 Å². The molecule has 1 aliphatic rings. The zero-order valence-electron chi connectivity index (χ0n) is 14.2. The molecule has 1 unspecified atom stereocenters. The van der Waals surface area contributed by atoms with Crippen LogP contribution < -0.4 is 5.32 Å². The lowest BCUT2D eigenvalue weighted by Gasteiger charge is -2.21. The van der Waals surface area contributed by atoms with Crippen molar-refractivity contribution in [1.82, 2.24) is 4.98 Å². The first-order chi connectivity index (χ1) is 12.5. The molecule has 1 atom stereocenters. The Bertz CT molecular complexity index is 823. The van der Waals surface area contributed by atoms with E-state index in [2.05, 4.69) is 10.3 Å². The largest absolute Gasteiger partial charge is 0.321 e. The number of aromatic nitrogens is 1. The van der Waals surface area contributed by atoms with Gasteiger partial charge in [-0.1, -0.05) is 54.6 Å². The highest BCUT2D eigenvalue weighted by Gasteiger charge is 2.20. The van der Waals surface area contributed by atoms with Crippen LogP contribution in [0.3, 0.4) is 0 Å². The maximum absolute atomic E-state index is 12.6. The lowest BCUT2D eigenvalue weighted by atomic mass is 10.0. The molecule has 138 valence electrons. The SMILES string of the molecule is O=C(Nc1cccc(CS(=O)C2CCCCC2)c1)c1nc(Cl)ccc1Cl. The molecule has 1 aliphatic carbocycles. The fraction of sp³-hybridized carbons (Fsp3) is 0.368. The van der Waals surface area contributed by atoms with Crippen LogP contribution in [0.25, 0.3) is 0 Å². The summed E-state index contributed by atoms with van der Waals surface area (Å²) >= 11 is 11.9. The maximum Gasteiger partial charge on any atom is 0.275 e. The molecular formula is C19H20Cl2N2O2S. The summed E-state index contributed by atoms with van der Waals surface area (Å²) in [4.78, 5) is 16.4. The molecule has 0 radical (unpaired) electrons. The summed E-state index contributed by atoms with van der Waals surface area (Å²) in [5.41, 5.74) is 1.64. The minimum absolute atomic E-state index is 0.0790. The van der Waals surface area contributed by atoms with Gasteiger partial charge in [0, 0.05) is 27.5 Å². The second kappa shape index (κ2) is 8.98. The molecule has 0 aliphatic heterocycles. The highest BCUT2D eigenvalue weighted by Crippen LogP contribution is 2.25. The molecule has 0 spiro atoms. The molecule has 1 fully saturated rings. The van der Waals surface area contributed by atoms with Gasteiger partial charge in [0.2, 0.25) is 0 Å². The summed E-state index contributed by atoms with van der Waals surface area (Å²) in [6.07, 6.45) is 5.67. The number of amides is 1. The van der Waals surface area contributed by atoms with Gasteiger partial charge in [-0.3, -0.25) is 9.00 Å². The Morgan fingerprint density at radius 3 is 2.69 bits per heavy atom. The van der Waals surface area contributed by atoms with Crippen molar-refractivity contribution in [3.05, 3.63) is 57.8 Å². The molecule has 4 nitrogen and oxygen atoms in total. The highest BCUT2D eigenvalue weighted by molar-refractivity contribution is 7.84. The number of carbonyl (C=O) groups excluding carboxylic acids is 1. The van der Waals surface area contributed by atoms with E-state index in [0.29, 0.717) is 11.4 Å². The molecule has 3 rings (SSSR count). The Balaban J connectivity index is 1.68. The Morgan fingerprint density at radius 2 is 1.92 bits per heavy atom. The molecular weight excluding hydrogens is 391 g/mol. The normalized spacial score (nSPS) is 16.2. The number of pyridine rings is 1. The molecule has 0 bridgehead atoms. The van der Waals surface area contributed by atoms with Gasteiger partial charge < -0.3 is 5.32 Å². The molecule has 0 saturated heterocycles. The van der Waals surface area contributed by atoms with Gasteiger partial charge >= 0.3 is 0 Å². The number of hydrogen-bond acceptors (Lipinski definition) is 3. The number of carbonyl (C=O) groups is 1. The second-order valence-corrected chi connectivity index (χ2v) is 8.92. The quantitative estimate of drug-likeness (QED) is 0.686. The predicted molar refractivity (Wildman–Crippen MR) is 107 cm³/mol. The average Bonchev–Trinajstić information content (AvgIpc) is 2.64. The Morgan fingerprint density at radius 1 is 1.15 bits per heavy atom. The van der Waals surface area contributed by atoms with Crippen molar-refractivity contribution in [2.45, 2.75) is 43.1 Å².